The smallest absolute Gasteiger partial charge is 0.339 e. The Bertz CT molecular complexity index is 423. The zero-order valence-electron chi connectivity index (χ0n) is 19.2. The minimum atomic E-state index is -2.70. The van der Waals surface area contributed by atoms with Crippen LogP contribution < -0.4 is 0 Å². The summed E-state index contributed by atoms with van der Waals surface area (Å²) in [5.74, 6) is 0.105. The highest BCUT2D eigenvalue weighted by atomic mass is 28.4. The van der Waals surface area contributed by atoms with Gasteiger partial charge in [-0.2, -0.15) is 0 Å². The highest BCUT2D eigenvalue weighted by molar-refractivity contribution is 6.67. The molecule has 0 saturated heterocycles. The van der Waals surface area contributed by atoms with Crippen LogP contribution in [0.5, 0.6) is 0 Å². The number of hydrogen-bond acceptors (Lipinski definition) is 4. The number of carbonyl (C=O) groups excluding carboxylic acids is 2. The summed E-state index contributed by atoms with van der Waals surface area (Å²) in [5, 5.41) is 0. The van der Waals surface area contributed by atoms with Crippen molar-refractivity contribution in [1.29, 1.82) is 0 Å². The molecule has 0 saturated carbocycles. The minimum absolute atomic E-state index is 0.0523. The summed E-state index contributed by atoms with van der Waals surface area (Å²) < 4.78 is 13.2. The maximum atomic E-state index is 12.5. The number of hydrogen-bond donors (Lipinski definition) is 0. The van der Waals surface area contributed by atoms with Gasteiger partial charge in [-0.05, 0) is 52.6 Å². The van der Waals surface area contributed by atoms with Gasteiger partial charge in [-0.25, -0.2) is 0 Å². The topological polar surface area (TPSA) is 52.6 Å². The van der Waals surface area contributed by atoms with Crippen LogP contribution in [0.3, 0.4) is 0 Å². The summed E-state index contributed by atoms with van der Waals surface area (Å²) in [7, 11) is -2.70. The van der Waals surface area contributed by atoms with Crippen LogP contribution in [0.15, 0.2) is 0 Å². The van der Waals surface area contributed by atoms with Crippen LogP contribution in [0.25, 0.3) is 0 Å². The van der Waals surface area contributed by atoms with E-state index in [1.165, 1.54) is 0 Å². The van der Waals surface area contributed by atoms with Gasteiger partial charge in [0, 0.05) is 0 Å². The second-order valence-corrected chi connectivity index (χ2v) is 12.0. The van der Waals surface area contributed by atoms with Gasteiger partial charge < -0.3 is 8.85 Å². The predicted molar refractivity (Wildman–Crippen MR) is 115 cm³/mol. The van der Waals surface area contributed by atoms with E-state index in [2.05, 4.69) is 27.7 Å². The average molecular weight is 401 g/mol. The fraction of sp³-hybridized carbons (Fsp3) is 0.909. The first-order chi connectivity index (χ1) is 12.5. The molecule has 0 heterocycles. The Morgan fingerprint density at radius 2 is 1.04 bits per heavy atom. The highest BCUT2D eigenvalue weighted by Gasteiger charge is 2.48. The van der Waals surface area contributed by atoms with Crippen molar-refractivity contribution < 1.29 is 18.4 Å². The zero-order chi connectivity index (χ0) is 21.1. The van der Waals surface area contributed by atoms with E-state index in [0.717, 1.165) is 50.6 Å². The van der Waals surface area contributed by atoms with Crippen molar-refractivity contribution in [2.24, 2.45) is 0 Å². The number of Topliss-reactive ketones (excluding diaryl/α,β-unsaturated/α-hetero) is 2. The molecule has 0 aromatic heterocycles. The molecule has 2 atom stereocenters. The molecule has 0 aromatic carbocycles. The summed E-state index contributed by atoms with van der Waals surface area (Å²) in [4.78, 5) is 24.9. The Morgan fingerprint density at radius 3 is 1.26 bits per heavy atom. The quantitative estimate of drug-likeness (QED) is 0.223. The minimum Gasteiger partial charge on any atom is -0.381 e. The third-order valence-corrected chi connectivity index (χ3v) is 9.70. The normalized spacial score (nSPS) is 16.6. The Balaban J connectivity index is 5.58. The maximum Gasteiger partial charge on any atom is 0.339 e. The van der Waals surface area contributed by atoms with Crippen LogP contribution in [0, 0.1) is 0 Å². The van der Waals surface area contributed by atoms with Gasteiger partial charge in [-0.1, -0.05) is 66.2 Å². The van der Waals surface area contributed by atoms with Crippen LogP contribution in [0.2, 0.25) is 12.1 Å². The molecule has 0 rings (SSSR count). The average Bonchev–Trinajstić information content (AvgIpc) is 2.61. The van der Waals surface area contributed by atoms with E-state index in [4.69, 9.17) is 8.85 Å². The third kappa shape index (κ3) is 8.16. The second-order valence-electron chi connectivity index (χ2n) is 8.31. The first-order valence-corrected chi connectivity index (χ1v) is 13.2. The summed E-state index contributed by atoms with van der Waals surface area (Å²) in [6.07, 6.45) is 7.73. The van der Waals surface area contributed by atoms with Gasteiger partial charge >= 0.3 is 8.56 Å². The Hall–Kier alpha value is -0.523. The Labute approximate surface area is 169 Å². The van der Waals surface area contributed by atoms with E-state index in [1.54, 1.807) is 13.8 Å². The van der Waals surface area contributed by atoms with Gasteiger partial charge in [0.05, 0.1) is 0 Å². The second kappa shape index (κ2) is 12.1. The van der Waals surface area contributed by atoms with Crippen molar-refractivity contribution in [3.05, 3.63) is 0 Å². The monoisotopic (exact) mass is 400 g/mol. The predicted octanol–water partition coefficient (Wildman–Crippen LogP) is 6.36. The van der Waals surface area contributed by atoms with Gasteiger partial charge in [0.1, 0.15) is 11.2 Å². The van der Waals surface area contributed by atoms with Crippen molar-refractivity contribution >= 4 is 20.1 Å². The number of unbranched alkanes of at least 4 members (excludes halogenated alkanes) is 4. The van der Waals surface area contributed by atoms with Crippen molar-refractivity contribution in [1.82, 2.24) is 0 Å². The SMILES string of the molecule is CCCCCC(C)(O[Si](CC)(CC)OC(C)(CCCCC)C(C)=O)C(C)=O. The number of rotatable bonds is 16. The van der Waals surface area contributed by atoms with E-state index >= 15 is 0 Å². The standard InChI is InChI=1S/C22H44O4Si/c1-9-13-15-17-21(7,19(5)23)25-27(11-3,12-4)26-22(8,20(6)24)18-16-14-10-2/h9-18H2,1-8H3. The maximum absolute atomic E-state index is 12.5. The summed E-state index contributed by atoms with van der Waals surface area (Å²) >= 11 is 0. The number of carbonyl (C=O) groups is 2. The first-order valence-electron chi connectivity index (χ1n) is 11.0. The molecule has 5 heteroatoms. The van der Waals surface area contributed by atoms with Gasteiger partial charge in [0.2, 0.25) is 0 Å². The molecule has 4 nitrogen and oxygen atoms in total. The largest absolute Gasteiger partial charge is 0.381 e. The van der Waals surface area contributed by atoms with Crippen molar-refractivity contribution in [3.63, 3.8) is 0 Å². The summed E-state index contributed by atoms with van der Waals surface area (Å²) in [6.45, 7) is 15.5. The molecule has 160 valence electrons. The molecule has 0 N–H and O–H groups in total. The van der Waals surface area contributed by atoms with Crippen LogP contribution >= 0.6 is 0 Å². The molecule has 0 aliphatic rings. The lowest BCUT2D eigenvalue weighted by Gasteiger charge is -2.43. The van der Waals surface area contributed by atoms with Crippen LogP contribution in [-0.2, 0) is 18.4 Å². The fourth-order valence-electron chi connectivity index (χ4n) is 3.40. The van der Waals surface area contributed by atoms with E-state index in [1.807, 2.05) is 13.8 Å². The zero-order valence-corrected chi connectivity index (χ0v) is 20.2. The van der Waals surface area contributed by atoms with E-state index in [-0.39, 0.29) is 11.6 Å². The lowest BCUT2D eigenvalue weighted by molar-refractivity contribution is -0.140. The van der Waals surface area contributed by atoms with Gasteiger partial charge in [0.25, 0.3) is 0 Å². The molecule has 0 radical (unpaired) electrons. The van der Waals surface area contributed by atoms with Gasteiger partial charge in [-0.3, -0.25) is 9.59 Å². The molecule has 0 spiro atoms. The lowest BCUT2D eigenvalue weighted by Crippen LogP contribution is -2.57. The fourth-order valence-corrected chi connectivity index (χ4v) is 6.66. The van der Waals surface area contributed by atoms with Gasteiger partial charge in [-0.15, -0.1) is 0 Å². The van der Waals surface area contributed by atoms with Crippen LogP contribution in [-0.4, -0.2) is 31.3 Å². The van der Waals surface area contributed by atoms with Crippen LogP contribution in [0.4, 0.5) is 0 Å². The third-order valence-electron chi connectivity index (χ3n) is 5.90. The molecule has 0 aliphatic carbocycles. The molecule has 0 fully saturated rings. The van der Waals surface area contributed by atoms with Crippen molar-refractivity contribution in [2.45, 2.75) is 130 Å². The molecule has 27 heavy (non-hydrogen) atoms. The Kier molecular flexibility index (Phi) is 11.9. The molecule has 0 aliphatic heterocycles. The molecular formula is C22H44O4Si. The summed E-state index contributed by atoms with van der Waals surface area (Å²) in [6, 6.07) is 1.47. The van der Waals surface area contributed by atoms with E-state index in [9.17, 15) is 9.59 Å². The van der Waals surface area contributed by atoms with E-state index < -0.39 is 19.8 Å². The molecule has 0 bridgehead atoms. The van der Waals surface area contributed by atoms with E-state index in [0.29, 0.717) is 12.8 Å². The lowest BCUT2D eigenvalue weighted by atomic mass is 9.95. The van der Waals surface area contributed by atoms with Crippen LogP contribution in [0.1, 0.15) is 107 Å². The summed E-state index contributed by atoms with van der Waals surface area (Å²) in [5.41, 5.74) is -1.65. The Morgan fingerprint density at radius 1 is 0.704 bits per heavy atom. The molecular weight excluding hydrogens is 356 g/mol. The molecule has 0 aromatic rings. The number of ketones is 2. The first kappa shape index (κ1) is 26.5. The van der Waals surface area contributed by atoms with Gasteiger partial charge in [0.15, 0.2) is 11.6 Å². The highest BCUT2D eigenvalue weighted by Crippen LogP contribution is 2.35. The van der Waals surface area contributed by atoms with Crippen molar-refractivity contribution in [2.75, 3.05) is 0 Å². The van der Waals surface area contributed by atoms with Crippen molar-refractivity contribution in [3.8, 4) is 0 Å². The molecule has 2 unspecified atom stereocenters. The molecule has 0 amide bonds.